The second-order valence-electron chi connectivity index (χ2n) is 7.35. The number of aryl methyl sites for hydroxylation is 2. The first kappa shape index (κ1) is 20.5. The number of hydrogen-bond acceptors (Lipinski definition) is 2. The number of benzene rings is 3. The number of halogens is 2. The number of hydrogen-bond donors (Lipinski definition) is 1. The van der Waals surface area contributed by atoms with Gasteiger partial charge in [-0.3, -0.25) is 9.59 Å². The number of amides is 2. The van der Waals surface area contributed by atoms with Crippen LogP contribution in [0.4, 0.5) is 11.4 Å². The van der Waals surface area contributed by atoms with Crippen molar-refractivity contribution in [3.63, 3.8) is 0 Å². The molecule has 1 aliphatic heterocycles. The summed E-state index contributed by atoms with van der Waals surface area (Å²) in [5, 5.41) is 3.70. The summed E-state index contributed by atoms with van der Waals surface area (Å²) in [6, 6.07) is 18.0. The van der Waals surface area contributed by atoms with E-state index < -0.39 is 0 Å². The topological polar surface area (TPSA) is 49.4 Å². The zero-order valence-electron chi connectivity index (χ0n) is 16.4. The van der Waals surface area contributed by atoms with Gasteiger partial charge in [0.25, 0.3) is 11.8 Å². The second-order valence-corrected chi connectivity index (χ2v) is 8.20. The lowest BCUT2D eigenvalue weighted by Crippen LogP contribution is -2.35. The molecule has 1 heterocycles. The van der Waals surface area contributed by atoms with Crippen LogP contribution in [0.2, 0.25) is 10.0 Å². The van der Waals surface area contributed by atoms with Crippen LogP contribution in [-0.2, 0) is 6.42 Å². The minimum atomic E-state index is -0.260. The van der Waals surface area contributed by atoms with Crippen molar-refractivity contribution in [2.24, 2.45) is 0 Å². The van der Waals surface area contributed by atoms with Gasteiger partial charge in [0.15, 0.2) is 0 Å². The van der Waals surface area contributed by atoms with Gasteiger partial charge in [-0.25, -0.2) is 0 Å². The molecule has 4 rings (SSSR count). The van der Waals surface area contributed by atoms with Crippen molar-refractivity contribution in [2.75, 3.05) is 16.8 Å². The number of anilines is 2. The molecule has 30 heavy (non-hydrogen) atoms. The van der Waals surface area contributed by atoms with Gasteiger partial charge in [0.05, 0.1) is 10.7 Å². The van der Waals surface area contributed by atoms with E-state index in [0.29, 0.717) is 33.4 Å². The van der Waals surface area contributed by atoms with E-state index in [1.54, 1.807) is 29.2 Å². The average Bonchev–Trinajstić information content (AvgIpc) is 2.74. The molecule has 0 unspecified atom stereocenters. The number of carbonyl (C=O) groups is 2. The Morgan fingerprint density at radius 1 is 0.967 bits per heavy atom. The molecule has 3 aromatic carbocycles. The van der Waals surface area contributed by atoms with E-state index in [0.717, 1.165) is 29.7 Å². The van der Waals surface area contributed by atoms with Gasteiger partial charge in [0.2, 0.25) is 0 Å². The summed E-state index contributed by atoms with van der Waals surface area (Å²) >= 11 is 12.1. The van der Waals surface area contributed by atoms with Gasteiger partial charge < -0.3 is 10.2 Å². The minimum Gasteiger partial charge on any atom is -0.321 e. The summed E-state index contributed by atoms with van der Waals surface area (Å²) in [6.07, 6.45) is 1.66. The number of rotatable bonds is 3. The molecule has 0 aromatic heterocycles. The molecule has 0 atom stereocenters. The lowest BCUT2D eigenvalue weighted by Gasteiger charge is -2.30. The Balaban J connectivity index is 1.58. The van der Waals surface area contributed by atoms with Crippen molar-refractivity contribution in [1.29, 1.82) is 0 Å². The van der Waals surface area contributed by atoms with Gasteiger partial charge in [-0.15, -0.1) is 0 Å². The lowest BCUT2D eigenvalue weighted by molar-refractivity contribution is 0.0984. The molecule has 0 radical (unpaired) electrons. The highest BCUT2D eigenvalue weighted by atomic mass is 35.5. The predicted octanol–water partition coefficient (Wildman–Crippen LogP) is 6.15. The van der Waals surface area contributed by atoms with E-state index >= 15 is 0 Å². The van der Waals surface area contributed by atoms with Crippen LogP contribution in [0.5, 0.6) is 0 Å². The van der Waals surface area contributed by atoms with Gasteiger partial charge in [-0.05, 0) is 73.9 Å². The molecular weight excluding hydrogens is 419 g/mol. The highest BCUT2D eigenvalue weighted by molar-refractivity contribution is 6.36. The lowest BCUT2D eigenvalue weighted by atomic mass is 9.98. The van der Waals surface area contributed by atoms with Crippen molar-refractivity contribution < 1.29 is 9.59 Å². The van der Waals surface area contributed by atoms with Crippen molar-refractivity contribution in [3.8, 4) is 0 Å². The van der Waals surface area contributed by atoms with Gasteiger partial charge in [-0.1, -0.05) is 40.9 Å². The third kappa shape index (κ3) is 4.20. The Kier molecular flexibility index (Phi) is 5.80. The molecule has 1 N–H and O–H groups in total. The van der Waals surface area contributed by atoms with Crippen molar-refractivity contribution in [1.82, 2.24) is 0 Å². The highest BCUT2D eigenvalue weighted by Gasteiger charge is 2.24. The maximum Gasteiger partial charge on any atom is 0.258 e. The largest absolute Gasteiger partial charge is 0.321 e. The Bertz CT molecular complexity index is 1140. The monoisotopic (exact) mass is 438 g/mol. The van der Waals surface area contributed by atoms with E-state index in [1.165, 1.54) is 0 Å². The molecular formula is C24H20Cl2N2O2. The summed E-state index contributed by atoms with van der Waals surface area (Å²) in [5.41, 5.74) is 4.57. The van der Waals surface area contributed by atoms with Crippen LogP contribution >= 0.6 is 23.2 Å². The molecule has 0 fully saturated rings. The van der Waals surface area contributed by atoms with E-state index in [2.05, 4.69) is 5.32 Å². The third-order valence-corrected chi connectivity index (χ3v) is 5.70. The second kappa shape index (κ2) is 8.50. The van der Waals surface area contributed by atoms with Crippen LogP contribution in [0.1, 0.15) is 38.3 Å². The molecule has 1 aliphatic rings. The fraction of sp³-hybridized carbons (Fsp3) is 0.167. The Morgan fingerprint density at radius 2 is 1.80 bits per heavy atom. The Morgan fingerprint density at radius 3 is 2.57 bits per heavy atom. The van der Waals surface area contributed by atoms with Crippen molar-refractivity contribution in [3.05, 3.63) is 93.0 Å². The third-order valence-electron chi connectivity index (χ3n) is 5.15. The molecule has 0 saturated heterocycles. The van der Waals surface area contributed by atoms with Gasteiger partial charge in [0, 0.05) is 28.4 Å². The maximum absolute atomic E-state index is 13.1. The standard InChI is InChI=1S/C24H20Cl2N2O2/c1-15-4-2-5-18(12-15)24(30)28-11-3-6-16-13-17(7-10-22(16)28)23(29)27-21-9-8-19(25)14-20(21)26/h2,4-5,7-10,12-14H,3,6,11H2,1H3,(H,27,29). The summed E-state index contributed by atoms with van der Waals surface area (Å²) in [5.74, 6) is -0.283. The molecule has 6 heteroatoms. The Hall–Kier alpha value is -2.82. The zero-order valence-corrected chi connectivity index (χ0v) is 17.9. The SMILES string of the molecule is Cc1cccc(C(=O)N2CCCc3cc(C(=O)Nc4ccc(Cl)cc4Cl)ccc32)c1. The molecule has 4 nitrogen and oxygen atoms in total. The molecule has 3 aromatic rings. The van der Waals surface area contributed by atoms with Gasteiger partial charge in [0.1, 0.15) is 0 Å². The first-order chi connectivity index (χ1) is 14.4. The highest BCUT2D eigenvalue weighted by Crippen LogP contribution is 2.31. The smallest absolute Gasteiger partial charge is 0.258 e. The molecule has 152 valence electrons. The Labute approximate surface area is 185 Å². The van der Waals surface area contributed by atoms with Gasteiger partial charge >= 0.3 is 0 Å². The van der Waals surface area contributed by atoms with Crippen LogP contribution in [0, 0.1) is 6.92 Å². The summed E-state index contributed by atoms with van der Waals surface area (Å²) < 4.78 is 0. The average molecular weight is 439 g/mol. The number of fused-ring (bicyclic) bond motifs is 1. The van der Waals surface area contributed by atoms with Crippen LogP contribution < -0.4 is 10.2 Å². The van der Waals surface area contributed by atoms with E-state index in [-0.39, 0.29) is 11.8 Å². The molecule has 0 bridgehead atoms. The maximum atomic E-state index is 13.1. The molecule has 0 aliphatic carbocycles. The predicted molar refractivity (Wildman–Crippen MR) is 122 cm³/mol. The van der Waals surface area contributed by atoms with Crippen LogP contribution in [0.15, 0.2) is 60.7 Å². The van der Waals surface area contributed by atoms with Crippen LogP contribution in [0.25, 0.3) is 0 Å². The summed E-state index contributed by atoms with van der Waals surface area (Å²) in [7, 11) is 0. The zero-order chi connectivity index (χ0) is 21.3. The first-order valence-electron chi connectivity index (χ1n) is 9.70. The normalized spacial score (nSPS) is 13.0. The minimum absolute atomic E-state index is 0.0233. The molecule has 0 saturated carbocycles. The summed E-state index contributed by atoms with van der Waals surface area (Å²) in [6.45, 7) is 2.63. The quantitative estimate of drug-likeness (QED) is 0.533. The fourth-order valence-electron chi connectivity index (χ4n) is 3.67. The van der Waals surface area contributed by atoms with Crippen LogP contribution in [-0.4, -0.2) is 18.4 Å². The summed E-state index contributed by atoms with van der Waals surface area (Å²) in [4.78, 5) is 27.6. The number of carbonyl (C=O) groups excluding carboxylic acids is 2. The fourth-order valence-corrected chi connectivity index (χ4v) is 4.12. The van der Waals surface area contributed by atoms with E-state index in [1.807, 2.05) is 43.3 Å². The van der Waals surface area contributed by atoms with Gasteiger partial charge in [-0.2, -0.15) is 0 Å². The van der Waals surface area contributed by atoms with Crippen molar-refractivity contribution >= 4 is 46.4 Å². The number of nitrogens with one attached hydrogen (secondary N) is 1. The van der Waals surface area contributed by atoms with E-state index in [9.17, 15) is 9.59 Å². The van der Waals surface area contributed by atoms with Crippen LogP contribution in [0.3, 0.4) is 0 Å². The molecule has 0 spiro atoms. The first-order valence-corrected chi connectivity index (χ1v) is 10.5. The number of nitrogens with zero attached hydrogens (tertiary/aromatic N) is 1. The van der Waals surface area contributed by atoms with Crippen molar-refractivity contribution in [2.45, 2.75) is 19.8 Å². The van der Waals surface area contributed by atoms with E-state index in [4.69, 9.17) is 23.2 Å². The molecule has 2 amide bonds.